The Labute approximate surface area is 131 Å². The highest BCUT2D eigenvalue weighted by atomic mass is 16.4. The molecule has 0 aliphatic rings. The third-order valence-corrected chi connectivity index (χ3v) is 4.01. The third kappa shape index (κ3) is 3.38. The van der Waals surface area contributed by atoms with Crippen LogP contribution in [-0.4, -0.2) is 20.6 Å². The molecule has 0 amide bonds. The number of hydrogen-bond acceptors (Lipinski definition) is 2. The SMILES string of the molecule is CCCCc1nc(C)c(C(=O)O)n1Cc1cc(C)ccc1C. The van der Waals surface area contributed by atoms with Gasteiger partial charge in [0, 0.05) is 13.0 Å². The average Bonchev–Trinajstić information content (AvgIpc) is 2.76. The molecule has 0 aliphatic carbocycles. The molecule has 2 aromatic rings. The minimum Gasteiger partial charge on any atom is -0.477 e. The summed E-state index contributed by atoms with van der Waals surface area (Å²) in [4.78, 5) is 16.1. The Morgan fingerprint density at radius 3 is 2.64 bits per heavy atom. The lowest BCUT2D eigenvalue weighted by Crippen LogP contribution is -2.14. The first-order chi connectivity index (χ1) is 10.4. The lowest BCUT2D eigenvalue weighted by Gasteiger charge is -2.13. The Balaban J connectivity index is 2.47. The van der Waals surface area contributed by atoms with E-state index in [0.29, 0.717) is 17.9 Å². The van der Waals surface area contributed by atoms with Crippen molar-refractivity contribution in [1.82, 2.24) is 9.55 Å². The van der Waals surface area contributed by atoms with E-state index in [1.807, 2.05) is 4.57 Å². The monoisotopic (exact) mass is 300 g/mol. The van der Waals surface area contributed by atoms with Crippen molar-refractivity contribution < 1.29 is 9.90 Å². The number of carboxylic acid groups (broad SMARTS) is 1. The first-order valence-corrected chi connectivity index (χ1v) is 7.79. The molecule has 2 rings (SSSR count). The number of carboxylic acids is 1. The van der Waals surface area contributed by atoms with Gasteiger partial charge in [-0.25, -0.2) is 9.78 Å². The highest BCUT2D eigenvalue weighted by Gasteiger charge is 2.20. The second kappa shape index (κ2) is 6.77. The fourth-order valence-corrected chi connectivity index (χ4v) is 2.74. The highest BCUT2D eigenvalue weighted by Crippen LogP contribution is 2.19. The van der Waals surface area contributed by atoms with Gasteiger partial charge >= 0.3 is 5.97 Å². The summed E-state index contributed by atoms with van der Waals surface area (Å²) >= 11 is 0. The number of hydrogen-bond donors (Lipinski definition) is 1. The molecule has 0 unspecified atom stereocenters. The second-order valence-electron chi connectivity index (χ2n) is 5.89. The van der Waals surface area contributed by atoms with Crippen molar-refractivity contribution in [1.29, 1.82) is 0 Å². The summed E-state index contributed by atoms with van der Waals surface area (Å²) in [6.07, 6.45) is 2.90. The first-order valence-electron chi connectivity index (χ1n) is 7.79. The summed E-state index contributed by atoms with van der Waals surface area (Å²) in [6.45, 7) is 8.58. The van der Waals surface area contributed by atoms with E-state index in [2.05, 4.69) is 44.0 Å². The molecule has 0 saturated carbocycles. The smallest absolute Gasteiger partial charge is 0.354 e. The number of carbonyl (C=O) groups is 1. The number of benzene rings is 1. The van der Waals surface area contributed by atoms with Gasteiger partial charge in [-0.2, -0.15) is 0 Å². The van der Waals surface area contributed by atoms with Crippen LogP contribution in [0.2, 0.25) is 0 Å². The quantitative estimate of drug-likeness (QED) is 0.880. The molecule has 0 spiro atoms. The zero-order valence-electron chi connectivity index (χ0n) is 13.8. The number of imidazole rings is 1. The number of rotatable bonds is 6. The summed E-state index contributed by atoms with van der Waals surface area (Å²) in [6, 6.07) is 6.29. The summed E-state index contributed by atoms with van der Waals surface area (Å²) in [5, 5.41) is 9.53. The van der Waals surface area contributed by atoms with Crippen LogP contribution in [0, 0.1) is 20.8 Å². The zero-order chi connectivity index (χ0) is 16.3. The van der Waals surface area contributed by atoms with Crippen LogP contribution in [-0.2, 0) is 13.0 Å². The molecule has 1 aromatic heterocycles. The van der Waals surface area contributed by atoms with Crippen molar-refractivity contribution >= 4 is 5.97 Å². The fraction of sp³-hybridized carbons (Fsp3) is 0.444. The van der Waals surface area contributed by atoms with Crippen LogP contribution < -0.4 is 0 Å². The van der Waals surface area contributed by atoms with Crippen LogP contribution in [0.3, 0.4) is 0 Å². The van der Waals surface area contributed by atoms with Crippen molar-refractivity contribution in [3.63, 3.8) is 0 Å². The van der Waals surface area contributed by atoms with E-state index < -0.39 is 5.97 Å². The van der Waals surface area contributed by atoms with E-state index in [0.717, 1.165) is 30.7 Å². The molecule has 0 saturated heterocycles. The largest absolute Gasteiger partial charge is 0.477 e. The summed E-state index contributed by atoms with van der Waals surface area (Å²) in [7, 11) is 0. The molecule has 118 valence electrons. The normalized spacial score (nSPS) is 10.9. The second-order valence-corrected chi connectivity index (χ2v) is 5.89. The van der Waals surface area contributed by atoms with E-state index in [1.165, 1.54) is 11.1 Å². The number of aromatic carboxylic acids is 1. The molecule has 0 atom stereocenters. The molecular formula is C18H24N2O2. The van der Waals surface area contributed by atoms with Crippen LogP contribution in [0.15, 0.2) is 18.2 Å². The number of aromatic nitrogens is 2. The number of nitrogens with zero attached hydrogens (tertiary/aromatic N) is 2. The Bertz CT molecular complexity index is 687. The van der Waals surface area contributed by atoms with E-state index in [1.54, 1.807) is 6.92 Å². The molecule has 0 fully saturated rings. The van der Waals surface area contributed by atoms with Gasteiger partial charge in [-0.1, -0.05) is 37.1 Å². The Hall–Kier alpha value is -2.10. The predicted octanol–water partition coefficient (Wildman–Crippen LogP) is 3.90. The fourth-order valence-electron chi connectivity index (χ4n) is 2.74. The van der Waals surface area contributed by atoms with Gasteiger partial charge in [0.05, 0.1) is 5.69 Å². The summed E-state index contributed by atoms with van der Waals surface area (Å²) in [5.41, 5.74) is 4.42. The van der Waals surface area contributed by atoms with Gasteiger partial charge < -0.3 is 9.67 Å². The maximum Gasteiger partial charge on any atom is 0.354 e. The van der Waals surface area contributed by atoms with Crippen LogP contribution in [0.25, 0.3) is 0 Å². The minimum absolute atomic E-state index is 0.312. The van der Waals surface area contributed by atoms with Crippen molar-refractivity contribution in [2.75, 3.05) is 0 Å². The molecule has 22 heavy (non-hydrogen) atoms. The number of unbranched alkanes of at least 4 members (excludes halogenated alkanes) is 1. The topological polar surface area (TPSA) is 55.1 Å². The molecule has 1 heterocycles. The molecular weight excluding hydrogens is 276 g/mol. The van der Waals surface area contributed by atoms with Crippen LogP contribution in [0.4, 0.5) is 0 Å². The molecule has 4 nitrogen and oxygen atoms in total. The average molecular weight is 300 g/mol. The molecule has 0 aliphatic heterocycles. The molecule has 1 N–H and O–H groups in total. The maximum absolute atomic E-state index is 11.6. The predicted molar refractivity (Wildman–Crippen MR) is 87.6 cm³/mol. The summed E-state index contributed by atoms with van der Waals surface area (Å²) in [5.74, 6) is -0.0317. The Morgan fingerprint density at radius 2 is 2.00 bits per heavy atom. The first kappa shape index (κ1) is 16.3. The van der Waals surface area contributed by atoms with Crippen molar-refractivity contribution in [2.24, 2.45) is 0 Å². The third-order valence-electron chi connectivity index (χ3n) is 4.01. The van der Waals surface area contributed by atoms with Crippen molar-refractivity contribution in [3.8, 4) is 0 Å². The summed E-state index contributed by atoms with van der Waals surface area (Å²) < 4.78 is 1.87. The van der Waals surface area contributed by atoms with Crippen molar-refractivity contribution in [3.05, 3.63) is 52.1 Å². The molecule has 0 radical (unpaired) electrons. The Kier molecular flexibility index (Phi) is 5.01. The van der Waals surface area contributed by atoms with E-state index in [-0.39, 0.29) is 0 Å². The van der Waals surface area contributed by atoms with Crippen LogP contribution >= 0.6 is 0 Å². The van der Waals surface area contributed by atoms with E-state index in [9.17, 15) is 9.90 Å². The lowest BCUT2D eigenvalue weighted by atomic mass is 10.1. The van der Waals surface area contributed by atoms with Crippen molar-refractivity contribution in [2.45, 2.75) is 53.5 Å². The van der Waals surface area contributed by atoms with Gasteiger partial charge in [-0.15, -0.1) is 0 Å². The van der Waals surface area contributed by atoms with Gasteiger partial charge in [0.1, 0.15) is 5.82 Å². The van der Waals surface area contributed by atoms with Gasteiger partial charge in [0.25, 0.3) is 0 Å². The molecule has 4 heteroatoms. The lowest BCUT2D eigenvalue weighted by molar-refractivity contribution is 0.0684. The zero-order valence-corrected chi connectivity index (χ0v) is 13.8. The Morgan fingerprint density at radius 1 is 1.27 bits per heavy atom. The highest BCUT2D eigenvalue weighted by molar-refractivity contribution is 5.87. The van der Waals surface area contributed by atoms with Gasteiger partial charge in [-0.05, 0) is 38.3 Å². The van der Waals surface area contributed by atoms with Crippen LogP contribution in [0.1, 0.15) is 58.5 Å². The van der Waals surface area contributed by atoms with Gasteiger partial charge in [-0.3, -0.25) is 0 Å². The van der Waals surface area contributed by atoms with E-state index >= 15 is 0 Å². The molecule has 0 bridgehead atoms. The van der Waals surface area contributed by atoms with E-state index in [4.69, 9.17) is 0 Å². The van der Waals surface area contributed by atoms with Gasteiger partial charge in [0.15, 0.2) is 5.69 Å². The van der Waals surface area contributed by atoms with Crippen LogP contribution in [0.5, 0.6) is 0 Å². The molecule has 1 aromatic carbocycles. The standard InChI is InChI=1S/C18H24N2O2/c1-5-6-7-16-19-14(4)17(18(21)22)20(16)11-15-10-12(2)8-9-13(15)3/h8-10H,5-7,11H2,1-4H3,(H,21,22). The maximum atomic E-state index is 11.6. The van der Waals surface area contributed by atoms with Gasteiger partial charge in [0.2, 0.25) is 0 Å². The minimum atomic E-state index is -0.905. The number of aryl methyl sites for hydroxylation is 4.